The van der Waals surface area contributed by atoms with Crippen LogP contribution in [0.2, 0.25) is 0 Å². The minimum atomic E-state index is 0.404. The molecule has 1 saturated heterocycles. The molecule has 1 aliphatic rings. The molecule has 54 valence electrons. The topological polar surface area (TPSA) is 50.9 Å². The number of amidine groups is 1. The van der Waals surface area contributed by atoms with Crippen molar-refractivity contribution in [3.8, 4) is 0 Å². The lowest BCUT2D eigenvalue weighted by Crippen LogP contribution is -2.34. The molecule has 1 rings (SSSR count). The first-order chi connectivity index (χ1) is 4.75. The van der Waals surface area contributed by atoms with E-state index in [0.29, 0.717) is 5.84 Å². The zero-order valence-electron chi connectivity index (χ0n) is 5.85. The number of piperidine rings is 1. The van der Waals surface area contributed by atoms with Crippen LogP contribution in [-0.2, 0) is 0 Å². The molecule has 1 aliphatic heterocycles. The van der Waals surface area contributed by atoms with E-state index in [4.69, 9.17) is 10.8 Å². The molecular formula is C7H11N3. The van der Waals surface area contributed by atoms with Crippen LogP contribution in [0.3, 0.4) is 0 Å². The van der Waals surface area contributed by atoms with Gasteiger partial charge in [0.1, 0.15) is 5.84 Å². The van der Waals surface area contributed by atoms with Crippen molar-refractivity contribution < 1.29 is 0 Å². The molecule has 0 aromatic rings. The zero-order valence-corrected chi connectivity index (χ0v) is 5.85. The minimum Gasteiger partial charge on any atom is -0.318 e. The molecule has 2 N–H and O–H groups in total. The number of rotatable bonds is 1. The fourth-order valence-corrected chi connectivity index (χ4v) is 1.03. The third-order valence-electron chi connectivity index (χ3n) is 1.66. The third-order valence-corrected chi connectivity index (χ3v) is 1.66. The van der Waals surface area contributed by atoms with Gasteiger partial charge in [-0.15, -0.1) is 0 Å². The lowest BCUT2D eigenvalue weighted by Gasteiger charge is -2.25. The first-order valence-corrected chi connectivity index (χ1v) is 3.29. The van der Waals surface area contributed by atoms with Gasteiger partial charge in [0, 0.05) is 6.54 Å². The number of hydrogen-bond acceptors (Lipinski definition) is 2. The van der Waals surface area contributed by atoms with Gasteiger partial charge in [0.25, 0.3) is 0 Å². The average molecular weight is 137 g/mol. The van der Waals surface area contributed by atoms with Gasteiger partial charge in [0.15, 0.2) is 0 Å². The Morgan fingerprint density at radius 3 is 2.80 bits per heavy atom. The van der Waals surface area contributed by atoms with Gasteiger partial charge in [0.05, 0.1) is 6.34 Å². The van der Waals surface area contributed by atoms with Crippen LogP contribution in [-0.4, -0.2) is 23.6 Å². The smallest absolute Gasteiger partial charge is 0.128 e. The Labute approximate surface area is 60.4 Å². The van der Waals surface area contributed by atoms with E-state index in [-0.39, 0.29) is 0 Å². The second-order valence-electron chi connectivity index (χ2n) is 2.38. The highest BCUT2D eigenvalue weighted by Gasteiger charge is 2.15. The van der Waals surface area contributed by atoms with E-state index in [2.05, 4.69) is 6.58 Å². The monoisotopic (exact) mass is 137 g/mol. The Kier molecular flexibility index (Phi) is 1.85. The predicted octanol–water partition coefficient (Wildman–Crippen LogP) is 1.22. The van der Waals surface area contributed by atoms with Crippen LogP contribution in [0, 0.1) is 10.8 Å². The highest BCUT2D eigenvalue weighted by molar-refractivity contribution is 6.01. The predicted molar refractivity (Wildman–Crippen MR) is 41.6 cm³/mol. The normalized spacial score (nSPS) is 19.4. The standard InChI is InChI=1S/C7H11N3/c1-6-3-2-4-10(5-8)7(6)9/h5,8-9H,1-4H2. The Bertz CT molecular complexity index is 183. The van der Waals surface area contributed by atoms with E-state index in [1.165, 1.54) is 6.34 Å². The van der Waals surface area contributed by atoms with E-state index in [9.17, 15) is 0 Å². The minimum absolute atomic E-state index is 0.404. The van der Waals surface area contributed by atoms with Gasteiger partial charge >= 0.3 is 0 Å². The fraction of sp³-hybridized carbons (Fsp3) is 0.429. The summed E-state index contributed by atoms with van der Waals surface area (Å²) in [6.45, 7) is 4.52. The Balaban J connectivity index is 2.68. The van der Waals surface area contributed by atoms with Crippen LogP contribution in [0.1, 0.15) is 12.8 Å². The number of nitrogens with zero attached hydrogens (tertiary/aromatic N) is 1. The summed E-state index contributed by atoms with van der Waals surface area (Å²) in [5.74, 6) is 0.404. The fourth-order valence-electron chi connectivity index (χ4n) is 1.03. The molecule has 0 aromatic heterocycles. The summed E-state index contributed by atoms with van der Waals surface area (Å²) in [6, 6.07) is 0. The Hall–Kier alpha value is -1.12. The first kappa shape index (κ1) is 6.99. The van der Waals surface area contributed by atoms with E-state index in [0.717, 1.165) is 25.0 Å². The van der Waals surface area contributed by atoms with Crippen LogP contribution in [0.25, 0.3) is 0 Å². The maximum atomic E-state index is 7.43. The summed E-state index contributed by atoms with van der Waals surface area (Å²) < 4.78 is 0. The molecule has 0 unspecified atom stereocenters. The number of likely N-dealkylation sites (tertiary alicyclic amines) is 1. The lowest BCUT2D eigenvalue weighted by molar-refractivity contribution is 0.551. The van der Waals surface area contributed by atoms with Crippen LogP contribution in [0.5, 0.6) is 0 Å². The summed E-state index contributed by atoms with van der Waals surface area (Å²) >= 11 is 0. The second kappa shape index (κ2) is 2.64. The van der Waals surface area contributed by atoms with Crippen molar-refractivity contribution in [2.75, 3.05) is 6.54 Å². The van der Waals surface area contributed by atoms with E-state index >= 15 is 0 Å². The van der Waals surface area contributed by atoms with Gasteiger partial charge < -0.3 is 4.90 Å². The molecule has 3 nitrogen and oxygen atoms in total. The molecule has 10 heavy (non-hydrogen) atoms. The molecular weight excluding hydrogens is 126 g/mol. The average Bonchev–Trinajstić information content (AvgIpc) is 1.95. The van der Waals surface area contributed by atoms with Crippen molar-refractivity contribution in [3.63, 3.8) is 0 Å². The largest absolute Gasteiger partial charge is 0.318 e. The van der Waals surface area contributed by atoms with Gasteiger partial charge in [0.2, 0.25) is 0 Å². The number of nitrogens with one attached hydrogen (secondary N) is 2. The molecule has 1 fully saturated rings. The van der Waals surface area contributed by atoms with Crippen molar-refractivity contribution in [1.29, 1.82) is 10.8 Å². The molecule has 1 heterocycles. The van der Waals surface area contributed by atoms with Gasteiger partial charge in [-0.05, 0) is 18.4 Å². The molecule has 0 amide bonds. The van der Waals surface area contributed by atoms with Gasteiger partial charge in [-0.25, -0.2) is 0 Å². The maximum absolute atomic E-state index is 7.43. The molecule has 0 radical (unpaired) electrons. The highest BCUT2D eigenvalue weighted by atomic mass is 15.2. The van der Waals surface area contributed by atoms with E-state index in [1.807, 2.05) is 0 Å². The van der Waals surface area contributed by atoms with E-state index < -0.39 is 0 Å². The molecule has 0 aliphatic carbocycles. The van der Waals surface area contributed by atoms with Crippen LogP contribution >= 0.6 is 0 Å². The second-order valence-corrected chi connectivity index (χ2v) is 2.38. The van der Waals surface area contributed by atoms with Crippen LogP contribution < -0.4 is 0 Å². The first-order valence-electron chi connectivity index (χ1n) is 3.29. The summed E-state index contributed by atoms with van der Waals surface area (Å²) in [7, 11) is 0. The van der Waals surface area contributed by atoms with Crippen molar-refractivity contribution in [2.24, 2.45) is 0 Å². The molecule has 3 heteroatoms. The van der Waals surface area contributed by atoms with Crippen molar-refractivity contribution in [3.05, 3.63) is 12.2 Å². The molecule has 0 atom stereocenters. The Morgan fingerprint density at radius 2 is 2.30 bits per heavy atom. The van der Waals surface area contributed by atoms with E-state index in [1.54, 1.807) is 4.90 Å². The SMILES string of the molecule is C=C1CCCN(C=N)C1=N. The quantitative estimate of drug-likeness (QED) is 0.414. The highest BCUT2D eigenvalue weighted by Crippen LogP contribution is 2.13. The molecule has 0 bridgehead atoms. The van der Waals surface area contributed by atoms with Gasteiger partial charge in [-0.2, -0.15) is 0 Å². The summed E-state index contributed by atoms with van der Waals surface area (Å²) in [5.41, 5.74) is 0.842. The maximum Gasteiger partial charge on any atom is 0.128 e. The zero-order chi connectivity index (χ0) is 7.56. The summed E-state index contributed by atoms with van der Waals surface area (Å²) in [6.07, 6.45) is 3.10. The number of hydrogen-bond donors (Lipinski definition) is 2. The van der Waals surface area contributed by atoms with Crippen LogP contribution in [0.15, 0.2) is 12.2 Å². The Morgan fingerprint density at radius 1 is 1.60 bits per heavy atom. The van der Waals surface area contributed by atoms with Crippen LogP contribution in [0.4, 0.5) is 0 Å². The van der Waals surface area contributed by atoms with Crippen molar-refractivity contribution in [2.45, 2.75) is 12.8 Å². The molecule has 0 saturated carbocycles. The molecule has 0 aromatic carbocycles. The van der Waals surface area contributed by atoms with Gasteiger partial charge in [-0.3, -0.25) is 10.8 Å². The van der Waals surface area contributed by atoms with Crippen molar-refractivity contribution >= 4 is 12.2 Å². The van der Waals surface area contributed by atoms with Crippen molar-refractivity contribution in [1.82, 2.24) is 4.90 Å². The summed E-state index contributed by atoms with van der Waals surface area (Å²) in [4.78, 5) is 1.60. The summed E-state index contributed by atoms with van der Waals surface area (Å²) in [5, 5.41) is 14.4. The van der Waals surface area contributed by atoms with Gasteiger partial charge in [-0.1, -0.05) is 6.58 Å². The molecule has 0 spiro atoms. The third kappa shape index (κ3) is 1.07. The lowest BCUT2D eigenvalue weighted by atomic mass is 10.1.